The topological polar surface area (TPSA) is 63.2 Å². The van der Waals surface area contributed by atoms with E-state index in [1.807, 2.05) is 0 Å². The first-order valence-electron chi connectivity index (χ1n) is 4.59. The third-order valence-corrected chi connectivity index (χ3v) is 3.68. The van der Waals surface area contributed by atoms with Gasteiger partial charge in [-0.2, -0.15) is 0 Å². The van der Waals surface area contributed by atoms with E-state index in [-0.39, 0.29) is 10.8 Å². The second kappa shape index (κ2) is 4.61. The molecule has 0 unspecified atom stereocenters. The Labute approximate surface area is 93.4 Å². The molecule has 1 atom stereocenters. The molecule has 1 aromatic carbocycles. The Bertz CT molecular complexity index is 497. The minimum Gasteiger partial charge on any atom is -0.326 e. The van der Waals surface area contributed by atoms with Gasteiger partial charge in [-0.3, -0.25) is 4.79 Å². The SMILES string of the molecule is CC(=O)Nc1cccc(S(=O)(=O)[C@@H](C)F)c1. The molecular weight excluding hydrogens is 233 g/mol. The fourth-order valence-electron chi connectivity index (χ4n) is 1.14. The standard InChI is InChI=1S/C10H12FNO3S/c1-7(11)16(14,15)10-5-3-4-9(6-10)12-8(2)13/h3-7H,1-2H3,(H,12,13)/t7-/m0/s1. The Morgan fingerprint density at radius 1 is 1.44 bits per heavy atom. The zero-order valence-corrected chi connectivity index (χ0v) is 9.71. The molecule has 0 heterocycles. The Morgan fingerprint density at radius 2 is 2.06 bits per heavy atom. The van der Waals surface area contributed by atoms with Crippen LogP contribution in [0.1, 0.15) is 13.8 Å². The van der Waals surface area contributed by atoms with E-state index in [0.29, 0.717) is 5.69 Å². The molecule has 6 heteroatoms. The van der Waals surface area contributed by atoms with E-state index >= 15 is 0 Å². The van der Waals surface area contributed by atoms with Crippen molar-refractivity contribution in [1.29, 1.82) is 0 Å². The number of amides is 1. The molecule has 0 saturated carbocycles. The Hall–Kier alpha value is -1.43. The fourth-order valence-corrected chi connectivity index (χ4v) is 2.08. The molecule has 0 aliphatic carbocycles. The second-order valence-electron chi connectivity index (χ2n) is 3.30. The highest BCUT2D eigenvalue weighted by Gasteiger charge is 2.22. The zero-order chi connectivity index (χ0) is 12.3. The highest BCUT2D eigenvalue weighted by atomic mass is 32.2. The normalized spacial score (nSPS) is 13.2. The third kappa shape index (κ3) is 2.79. The molecule has 0 bridgehead atoms. The summed E-state index contributed by atoms with van der Waals surface area (Å²) in [6, 6.07) is 5.49. The molecule has 0 aliphatic rings. The third-order valence-electron chi connectivity index (χ3n) is 1.91. The first-order chi connectivity index (χ1) is 7.34. The minimum absolute atomic E-state index is 0.145. The van der Waals surface area contributed by atoms with Crippen molar-refractivity contribution in [2.24, 2.45) is 0 Å². The maximum absolute atomic E-state index is 12.9. The van der Waals surface area contributed by atoms with Crippen LogP contribution in [0.2, 0.25) is 0 Å². The smallest absolute Gasteiger partial charge is 0.221 e. The summed E-state index contributed by atoms with van der Waals surface area (Å²) in [5.74, 6) is -0.317. The van der Waals surface area contributed by atoms with Crippen molar-refractivity contribution in [2.75, 3.05) is 5.32 Å². The van der Waals surface area contributed by atoms with Crippen LogP contribution in [0, 0.1) is 0 Å². The van der Waals surface area contributed by atoms with Crippen molar-refractivity contribution in [3.63, 3.8) is 0 Å². The molecule has 88 valence electrons. The van der Waals surface area contributed by atoms with Gasteiger partial charge in [-0.1, -0.05) is 6.07 Å². The largest absolute Gasteiger partial charge is 0.326 e. The predicted molar refractivity (Wildman–Crippen MR) is 58.5 cm³/mol. The lowest BCUT2D eigenvalue weighted by Crippen LogP contribution is -2.13. The molecule has 16 heavy (non-hydrogen) atoms. The summed E-state index contributed by atoms with van der Waals surface area (Å²) in [6.45, 7) is 2.26. The number of carbonyl (C=O) groups is 1. The van der Waals surface area contributed by atoms with Gasteiger partial charge in [0.05, 0.1) is 4.90 Å². The second-order valence-corrected chi connectivity index (χ2v) is 5.51. The molecule has 0 fully saturated rings. The fraction of sp³-hybridized carbons (Fsp3) is 0.300. The molecule has 0 radical (unpaired) electrons. The monoisotopic (exact) mass is 245 g/mol. The molecule has 4 nitrogen and oxygen atoms in total. The van der Waals surface area contributed by atoms with Gasteiger partial charge in [0.1, 0.15) is 0 Å². The van der Waals surface area contributed by atoms with Gasteiger partial charge in [0.25, 0.3) is 0 Å². The van der Waals surface area contributed by atoms with Crippen LogP contribution in [-0.4, -0.2) is 19.8 Å². The van der Waals surface area contributed by atoms with Gasteiger partial charge in [-0.05, 0) is 25.1 Å². The quantitative estimate of drug-likeness (QED) is 0.882. The van der Waals surface area contributed by atoms with Crippen LogP contribution in [0.25, 0.3) is 0 Å². The minimum atomic E-state index is -3.95. The summed E-state index contributed by atoms with van der Waals surface area (Å²) >= 11 is 0. The number of halogens is 1. The van der Waals surface area contributed by atoms with Crippen molar-refractivity contribution in [3.05, 3.63) is 24.3 Å². The van der Waals surface area contributed by atoms with E-state index in [4.69, 9.17) is 0 Å². The van der Waals surface area contributed by atoms with E-state index in [0.717, 1.165) is 6.92 Å². The van der Waals surface area contributed by atoms with Crippen LogP contribution in [-0.2, 0) is 14.6 Å². The molecule has 1 aromatic rings. The summed E-state index contributed by atoms with van der Waals surface area (Å²) in [7, 11) is -3.95. The summed E-state index contributed by atoms with van der Waals surface area (Å²) in [5.41, 5.74) is -1.64. The highest BCUT2D eigenvalue weighted by Crippen LogP contribution is 2.20. The van der Waals surface area contributed by atoms with Crippen molar-refractivity contribution in [3.8, 4) is 0 Å². The number of carbonyl (C=O) groups excluding carboxylic acids is 1. The lowest BCUT2D eigenvalue weighted by atomic mass is 10.3. The van der Waals surface area contributed by atoms with E-state index in [1.165, 1.54) is 31.2 Å². The molecule has 1 amide bonds. The van der Waals surface area contributed by atoms with Crippen LogP contribution in [0.4, 0.5) is 10.1 Å². The van der Waals surface area contributed by atoms with Crippen LogP contribution in [0.5, 0.6) is 0 Å². The number of hydrogen-bond donors (Lipinski definition) is 1. The number of alkyl halides is 1. The van der Waals surface area contributed by atoms with Crippen molar-refractivity contribution >= 4 is 21.4 Å². The average molecular weight is 245 g/mol. The summed E-state index contributed by atoms with van der Waals surface area (Å²) in [5, 5.41) is 2.43. The van der Waals surface area contributed by atoms with E-state index in [2.05, 4.69) is 5.32 Å². The summed E-state index contributed by atoms with van der Waals surface area (Å²) in [6.07, 6.45) is 0. The summed E-state index contributed by atoms with van der Waals surface area (Å²) in [4.78, 5) is 10.6. The number of hydrogen-bond acceptors (Lipinski definition) is 3. The van der Waals surface area contributed by atoms with Gasteiger partial charge in [-0.15, -0.1) is 0 Å². The van der Waals surface area contributed by atoms with Crippen LogP contribution < -0.4 is 5.32 Å². The van der Waals surface area contributed by atoms with Crippen LogP contribution in [0.3, 0.4) is 0 Å². The Balaban J connectivity index is 3.13. The number of nitrogens with one attached hydrogen (secondary N) is 1. The maximum Gasteiger partial charge on any atom is 0.221 e. The highest BCUT2D eigenvalue weighted by molar-refractivity contribution is 7.91. The summed E-state index contributed by atoms with van der Waals surface area (Å²) < 4.78 is 35.8. The molecule has 0 spiro atoms. The zero-order valence-electron chi connectivity index (χ0n) is 8.90. The van der Waals surface area contributed by atoms with E-state index in [9.17, 15) is 17.6 Å². The number of sulfone groups is 1. The van der Waals surface area contributed by atoms with Gasteiger partial charge < -0.3 is 5.32 Å². The number of anilines is 1. The average Bonchev–Trinajstić information content (AvgIpc) is 2.16. The Kier molecular flexibility index (Phi) is 3.64. The maximum atomic E-state index is 12.9. The van der Waals surface area contributed by atoms with Crippen molar-refractivity contribution in [1.82, 2.24) is 0 Å². The van der Waals surface area contributed by atoms with Crippen molar-refractivity contribution < 1.29 is 17.6 Å². The predicted octanol–water partition coefficient (Wildman–Crippen LogP) is 1.73. The number of rotatable bonds is 3. The van der Waals surface area contributed by atoms with Gasteiger partial charge in [0.2, 0.25) is 21.2 Å². The lowest BCUT2D eigenvalue weighted by molar-refractivity contribution is -0.114. The van der Waals surface area contributed by atoms with Crippen LogP contribution in [0.15, 0.2) is 29.2 Å². The van der Waals surface area contributed by atoms with Gasteiger partial charge in [0, 0.05) is 12.6 Å². The van der Waals surface area contributed by atoms with Gasteiger partial charge in [0.15, 0.2) is 0 Å². The van der Waals surface area contributed by atoms with Crippen molar-refractivity contribution in [2.45, 2.75) is 24.2 Å². The molecule has 0 aliphatic heterocycles. The van der Waals surface area contributed by atoms with Gasteiger partial charge >= 0.3 is 0 Å². The first-order valence-corrected chi connectivity index (χ1v) is 6.14. The van der Waals surface area contributed by atoms with E-state index < -0.39 is 15.3 Å². The lowest BCUT2D eigenvalue weighted by Gasteiger charge is -2.07. The molecular formula is C10H12FNO3S. The Morgan fingerprint density at radius 3 is 2.56 bits per heavy atom. The molecule has 0 saturated heterocycles. The molecule has 1 rings (SSSR count). The molecule has 0 aromatic heterocycles. The first kappa shape index (κ1) is 12.6. The number of benzene rings is 1. The van der Waals surface area contributed by atoms with Crippen LogP contribution >= 0.6 is 0 Å². The van der Waals surface area contributed by atoms with E-state index in [1.54, 1.807) is 0 Å². The molecule has 1 N–H and O–H groups in total. The van der Waals surface area contributed by atoms with Gasteiger partial charge in [-0.25, -0.2) is 12.8 Å².